The zero-order chi connectivity index (χ0) is 25.7. The average Bonchev–Trinajstić information content (AvgIpc) is 3.56. The zero-order valence-electron chi connectivity index (χ0n) is 20.2. The Morgan fingerprint density at radius 1 is 1.28 bits per heavy atom. The van der Waals surface area contributed by atoms with Crippen LogP contribution in [0.25, 0.3) is 5.69 Å². The van der Waals surface area contributed by atoms with Crippen LogP contribution < -0.4 is 11.1 Å². The van der Waals surface area contributed by atoms with Gasteiger partial charge in [0.05, 0.1) is 18.9 Å². The Hall–Kier alpha value is -3.09. The van der Waals surface area contributed by atoms with E-state index in [0.717, 1.165) is 5.56 Å². The lowest BCUT2D eigenvalue weighted by atomic mass is 10.0. The monoisotopic (exact) mass is 518 g/mol. The van der Waals surface area contributed by atoms with Crippen molar-refractivity contribution in [2.45, 2.75) is 44.8 Å². The Balaban J connectivity index is 1.36. The van der Waals surface area contributed by atoms with Crippen LogP contribution in [0.3, 0.4) is 0 Å². The maximum Gasteiger partial charge on any atom is 0.243 e. The number of morpholine rings is 1. The molecule has 13 heteroatoms. The maximum absolute atomic E-state index is 13.2. The smallest absolute Gasteiger partial charge is 0.243 e. The molecule has 1 aromatic heterocycles. The number of nitrogens with one attached hydrogen (secondary N) is 1. The molecule has 2 saturated heterocycles. The van der Waals surface area contributed by atoms with Crippen molar-refractivity contribution in [3.63, 3.8) is 0 Å². The van der Waals surface area contributed by atoms with E-state index in [1.54, 1.807) is 34.9 Å². The summed E-state index contributed by atoms with van der Waals surface area (Å²) in [5.41, 5.74) is 7.54. The van der Waals surface area contributed by atoms with E-state index in [4.69, 9.17) is 22.1 Å². The first-order valence-corrected chi connectivity index (χ1v) is 12.4. The van der Waals surface area contributed by atoms with Gasteiger partial charge in [-0.3, -0.25) is 14.4 Å². The number of rotatable bonds is 8. The molecule has 0 radical (unpaired) electrons. The second-order valence-corrected chi connectivity index (χ2v) is 9.62. The molecule has 2 aliphatic heterocycles. The summed E-state index contributed by atoms with van der Waals surface area (Å²) in [6, 6.07) is 4.23. The van der Waals surface area contributed by atoms with E-state index in [9.17, 15) is 14.4 Å². The highest BCUT2D eigenvalue weighted by Crippen LogP contribution is 2.23. The molecule has 36 heavy (non-hydrogen) atoms. The van der Waals surface area contributed by atoms with Crippen LogP contribution in [0, 0.1) is 5.92 Å². The van der Waals surface area contributed by atoms with Gasteiger partial charge in [0.25, 0.3) is 0 Å². The molecule has 2 fully saturated rings. The van der Waals surface area contributed by atoms with E-state index in [2.05, 4.69) is 20.8 Å². The predicted molar refractivity (Wildman–Crippen MR) is 130 cm³/mol. The molecule has 0 aliphatic carbocycles. The number of likely N-dealkylation sites (tertiary alicyclic amines) is 1. The highest BCUT2D eigenvalue weighted by Gasteiger charge is 2.39. The zero-order valence-corrected chi connectivity index (χ0v) is 20.9. The Morgan fingerprint density at radius 3 is 2.78 bits per heavy atom. The second-order valence-electron chi connectivity index (χ2n) is 9.18. The number of tetrazole rings is 1. The molecule has 2 aliphatic rings. The number of halogens is 1. The summed E-state index contributed by atoms with van der Waals surface area (Å²) in [5.74, 6) is -0.856. The highest BCUT2D eigenvalue weighted by molar-refractivity contribution is 6.30. The summed E-state index contributed by atoms with van der Waals surface area (Å²) < 4.78 is 6.77. The van der Waals surface area contributed by atoms with Crippen molar-refractivity contribution in [2.24, 2.45) is 11.7 Å². The van der Waals surface area contributed by atoms with Gasteiger partial charge in [-0.05, 0) is 47.0 Å². The van der Waals surface area contributed by atoms with Crippen LogP contribution in [0.2, 0.25) is 5.02 Å². The van der Waals surface area contributed by atoms with Crippen molar-refractivity contribution in [2.75, 3.05) is 32.8 Å². The van der Waals surface area contributed by atoms with Crippen LogP contribution in [0.5, 0.6) is 0 Å². The Morgan fingerprint density at radius 2 is 2.06 bits per heavy atom. The predicted octanol–water partition coefficient (Wildman–Crippen LogP) is 0.135. The molecule has 0 spiro atoms. The van der Waals surface area contributed by atoms with Crippen LogP contribution >= 0.6 is 11.6 Å². The van der Waals surface area contributed by atoms with Crippen LogP contribution in [0.4, 0.5) is 0 Å². The highest BCUT2D eigenvalue weighted by atomic mass is 35.5. The number of carbonyl (C=O) groups is 3. The second kappa shape index (κ2) is 11.8. The lowest BCUT2D eigenvalue weighted by molar-refractivity contribution is -0.142. The molecule has 194 valence electrons. The number of benzene rings is 1. The third-order valence-electron chi connectivity index (χ3n) is 6.59. The molecule has 4 rings (SSSR count). The lowest BCUT2D eigenvalue weighted by Crippen LogP contribution is -2.47. The van der Waals surface area contributed by atoms with Crippen molar-refractivity contribution in [3.05, 3.63) is 35.1 Å². The number of ether oxygens (including phenoxy) is 1. The molecule has 2 aromatic rings. The molecule has 3 atom stereocenters. The van der Waals surface area contributed by atoms with Crippen LogP contribution in [0.15, 0.2) is 24.5 Å². The first kappa shape index (κ1) is 26.0. The van der Waals surface area contributed by atoms with E-state index in [-0.39, 0.29) is 36.7 Å². The fourth-order valence-electron chi connectivity index (χ4n) is 4.57. The van der Waals surface area contributed by atoms with Gasteiger partial charge in [-0.15, -0.1) is 5.10 Å². The van der Waals surface area contributed by atoms with Gasteiger partial charge in [0.2, 0.25) is 17.7 Å². The van der Waals surface area contributed by atoms with Crippen molar-refractivity contribution in [3.8, 4) is 5.69 Å². The number of amides is 3. The van der Waals surface area contributed by atoms with Gasteiger partial charge >= 0.3 is 0 Å². The van der Waals surface area contributed by atoms with E-state index < -0.39 is 12.0 Å². The first-order valence-electron chi connectivity index (χ1n) is 12.0. The average molecular weight is 519 g/mol. The fourth-order valence-corrected chi connectivity index (χ4v) is 4.76. The summed E-state index contributed by atoms with van der Waals surface area (Å²) >= 11 is 6.16. The minimum Gasteiger partial charge on any atom is -0.378 e. The quantitative estimate of drug-likeness (QED) is 0.501. The van der Waals surface area contributed by atoms with E-state index in [1.807, 2.05) is 0 Å². The minimum atomic E-state index is -0.680. The number of hydrogen-bond donors (Lipinski definition) is 2. The molecule has 3 heterocycles. The normalized spacial score (nSPS) is 20.9. The topological polar surface area (TPSA) is 149 Å². The third kappa shape index (κ3) is 6.18. The van der Waals surface area contributed by atoms with Gasteiger partial charge in [0, 0.05) is 49.6 Å². The molecule has 0 saturated carbocycles. The van der Waals surface area contributed by atoms with Crippen LogP contribution in [0.1, 0.15) is 31.7 Å². The molecule has 1 unspecified atom stereocenters. The Kier molecular flexibility index (Phi) is 8.49. The van der Waals surface area contributed by atoms with Gasteiger partial charge in [-0.2, -0.15) is 0 Å². The minimum absolute atomic E-state index is 0.0188. The SMILES string of the molecule is C[C@H](CCC(=O)N1CCOCC1)C(=O)N1CC(N)C[C@H]1C(=O)NCc1cc(Cl)ccc1-n1cnnn1. The van der Waals surface area contributed by atoms with Gasteiger partial charge in [-0.25, -0.2) is 4.68 Å². The summed E-state index contributed by atoms with van der Waals surface area (Å²) in [5, 5.41) is 14.6. The number of nitrogens with two attached hydrogens (primary N) is 1. The standard InChI is InChI=1S/C23H31ClN8O4/c1-15(2-5-21(33)30-6-8-36-9-7-30)23(35)31-13-18(25)11-20(31)22(34)26-12-16-10-17(24)3-4-19(16)32-14-27-28-29-32/h3-4,10,14-15,18,20H,2,5-9,11-13,25H2,1H3,(H,26,34)/t15-,18?,20+/m1/s1. The van der Waals surface area contributed by atoms with Gasteiger partial charge in [-0.1, -0.05) is 18.5 Å². The molecular formula is C23H31ClN8O4. The molecule has 3 amide bonds. The van der Waals surface area contributed by atoms with E-state index >= 15 is 0 Å². The third-order valence-corrected chi connectivity index (χ3v) is 6.82. The van der Waals surface area contributed by atoms with E-state index in [0.29, 0.717) is 56.4 Å². The molecule has 0 bridgehead atoms. The Bertz CT molecular complexity index is 1080. The van der Waals surface area contributed by atoms with Gasteiger partial charge in [0.1, 0.15) is 12.4 Å². The summed E-state index contributed by atoms with van der Waals surface area (Å²) in [6.45, 7) is 4.48. The first-order chi connectivity index (χ1) is 17.3. The Labute approximate surface area is 214 Å². The lowest BCUT2D eigenvalue weighted by Gasteiger charge is -2.29. The van der Waals surface area contributed by atoms with E-state index in [1.165, 1.54) is 11.0 Å². The number of carbonyl (C=O) groups excluding carboxylic acids is 3. The summed E-state index contributed by atoms with van der Waals surface area (Å²) in [6.07, 6.45) is 2.51. The van der Waals surface area contributed by atoms with Gasteiger partial charge in [0.15, 0.2) is 0 Å². The largest absolute Gasteiger partial charge is 0.378 e. The number of nitrogens with zero attached hydrogens (tertiary/aromatic N) is 6. The van der Waals surface area contributed by atoms with Crippen molar-refractivity contribution >= 4 is 29.3 Å². The molecule has 12 nitrogen and oxygen atoms in total. The van der Waals surface area contributed by atoms with Gasteiger partial charge < -0.3 is 25.6 Å². The molecule has 3 N–H and O–H groups in total. The number of aromatic nitrogens is 4. The molecular weight excluding hydrogens is 488 g/mol. The van der Waals surface area contributed by atoms with Crippen molar-refractivity contribution in [1.29, 1.82) is 0 Å². The van der Waals surface area contributed by atoms with Crippen LogP contribution in [-0.2, 0) is 25.7 Å². The van der Waals surface area contributed by atoms with Crippen molar-refractivity contribution < 1.29 is 19.1 Å². The number of hydrogen-bond acceptors (Lipinski definition) is 8. The maximum atomic E-state index is 13.2. The van der Waals surface area contributed by atoms with Crippen LogP contribution in [-0.4, -0.2) is 92.7 Å². The summed E-state index contributed by atoms with van der Waals surface area (Å²) in [4.78, 5) is 42.1. The van der Waals surface area contributed by atoms with Crippen molar-refractivity contribution in [1.82, 2.24) is 35.3 Å². The molecule has 1 aromatic carbocycles. The summed E-state index contributed by atoms with van der Waals surface area (Å²) in [7, 11) is 0. The fraction of sp³-hybridized carbons (Fsp3) is 0.565.